The van der Waals surface area contributed by atoms with Crippen LogP contribution in [0.15, 0.2) is 17.0 Å². The van der Waals surface area contributed by atoms with E-state index in [0.717, 1.165) is 18.4 Å². The van der Waals surface area contributed by atoms with Crippen molar-refractivity contribution in [2.75, 3.05) is 6.26 Å². The van der Waals surface area contributed by atoms with Gasteiger partial charge < -0.3 is 9.84 Å². The smallest absolute Gasteiger partial charge is 0.312 e. The number of aliphatic hydroxyl groups is 1. The molecule has 1 N–H and O–H groups in total. The molecule has 2 aliphatic carbocycles. The van der Waals surface area contributed by atoms with Crippen molar-refractivity contribution in [3.8, 4) is 11.8 Å². The largest absolute Gasteiger partial charge is 0.490 e. The third kappa shape index (κ3) is 2.45. The van der Waals surface area contributed by atoms with Crippen LogP contribution in [0.5, 0.6) is 5.75 Å². The standard InChI is InChI=1S/C15H14F3NO4S/c1-24(21,22)10-3-2-9(23-8-4-7(5-8)6-19)11-12(10)14(20)15(17,18)13(11)16/h2-3,7-8,13-14,20H,4-5H2,1H3/t7?,8?,13-,14+/m1/s1. The van der Waals surface area contributed by atoms with E-state index in [0.29, 0.717) is 12.8 Å². The van der Waals surface area contributed by atoms with Crippen LogP contribution in [0.4, 0.5) is 13.2 Å². The summed E-state index contributed by atoms with van der Waals surface area (Å²) < 4.78 is 71.1. The van der Waals surface area contributed by atoms with Gasteiger partial charge in [0.15, 0.2) is 16.0 Å². The lowest BCUT2D eigenvalue weighted by atomic mass is 9.83. The lowest BCUT2D eigenvalue weighted by molar-refractivity contribution is -0.144. The number of aliphatic hydroxyl groups excluding tert-OH is 1. The normalized spacial score (nSPS) is 31.0. The Labute approximate surface area is 136 Å². The number of nitriles is 1. The molecule has 0 bridgehead atoms. The Morgan fingerprint density at radius 3 is 2.50 bits per heavy atom. The average molecular weight is 361 g/mol. The van der Waals surface area contributed by atoms with E-state index >= 15 is 0 Å². The summed E-state index contributed by atoms with van der Waals surface area (Å²) in [7, 11) is -3.94. The van der Waals surface area contributed by atoms with Crippen LogP contribution < -0.4 is 4.74 Å². The Bertz CT molecular complexity index is 828. The highest BCUT2D eigenvalue weighted by Crippen LogP contribution is 2.57. The van der Waals surface area contributed by atoms with E-state index in [-0.39, 0.29) is 11.7 Å². The van der Waals surface area contributed by atoms with Crippen molar-refractivity contribution < 1.29 is 31.4 Å². The van der Waals surface area contributed by atoms with E-state index in [1.54, 1.807) is 0 Å². The van der Waals surface area contributed by atoms with Crippen molar-refractivity contribution in [2.24, 2.45) is 5.92 Å². The molecule has 0 spiro atoms. The number of fused-ring (bicyclic) bond motifs is 1. The van der Waals surface area contributed by atoms with Crippen molar-refractivity contribution in [3.05, 3.63) is 23.3 Å². The molecule has 0 amide bonds. The number of hydrogen-bond acceptors (Lipinski definition) is 5. The minimum atomic E-state index is -4.14. The summed E-state index contributed by atoms with van der Waals surface area (Å²) in [6, 6.07) is 4.18. The van der Waals surface area contributed by atoms with Gasteiger partial charge in [-0.1, -0.05) is 0 Å². The minimum Gasteiger partial charge on any atom is -0.490 e. The van der Waals surface area contributed by atoms with Gasteiger partial charge in [0.2, 0.25) is 0 Å². The number of rotatable bonds is 3. The van der Waals surface area contributed by atoms with Gasteiger partial charge in [-0.05, 0) is 12.1 Å². The first-order valence-electron chi connectivity index (χ1n) is 7.20. The highest BCUT2D eigenvalue weighted by Gasteiger charge is 2.59. The van der Waals surface area contributed by atoms with Gasteiger partial charge in [-0.3, -0.25) is 0 Å². The first-order chi connectivity index (χ1) is 11.1. The Balaban J connectivity index is 2.07. The molecule has 1 saturated carbocycles. The molecule has 2 atom stereocenters. The number of ether oxygens (including phenoxy) is 1. The molecule has 0 aromatic heterocycles. The second-order valence-electron chi connectivity index (χ2n) is 6.14. The monoisotopic (exact) mass is 361 g/mol. The van der Waals surface area contributed by atoms with Gasteiger partial charge in [-0.2, -0.15) is 14.0 Å². The fraction of sp³-hybridized carbons (Fsp3) is 0.533. The summed E-state index contributed by atoms with van der Waals surface area (Å²) in [6.45, 7) is 0. The van der Waals surface area contributed by atoms with Gasteiger partial charge in [-0.25, -0.2) is 12.8 Å². The number of hydrogen-bond donors (Lipinski definition) is 1. The SMILES string of the molecule is CS(=O)(=O)c1ccc(OC2CC(C#N)C2)c2c1[C@H](O)C(F)(F)[C@@H]2F. The zero-order valence-electron chi connectivity index (χ0n) is 12.5. The molecular formula is C15H14F3NO4S. The molecule has 0 heterocycles. The molecule has 2 aliphatic rings. The number of sulfone groups is 1. The van der Waals surface area contributed by atoms with Crippen molar-refractivity contribution in [3.63, 3.8) is 0 Å². The second-order valence-corrected chi connectivity index (χ2v) is 8.12. The van der Waals surface area contributed by atoms with Crippen LogP contribution in [-0.4, -0.2) is 31.8 Å². The number of alkyl halides is 3. The Morgan fingerprint density at radius 1 is 1.33 bits per heavy atom. The van der Waals surface area contributed by atoms with Gasteiger partial charge in [0.05, 0.1) is 16.9 Å². The van der Waals surface area contributed by atoms with Crippen molar-refractivity contribution in [2.45, 2.75) is 42.0 Å². The van der Waals surface area contributed by atoms with Gasteiger partial charge >= 0.3 is 5.92 Å². The first kappa shape index (κ1) is 17.0. The van der Waals surface area contributed by atoms with Crippen LogP contribution in [0, 0.1) is 17.2 Å². The van der Waals surface area contributed by atoms with E-state index < -0.39 is 50.2 Å². The third-order valence-corrected chi connectivity index (χ3v) is 5.56. The summed E-state index contributed by atoms with van der Waals surface area (Å²) in [6.07, 6.45) is -4.30. The predicted molar refractivity (Wildman–Crippen MR) is 76.1 cm³/mol. The van der Waals surface area contributed by atoms with Crippen LogP contribution in [-0.2, 0) is 9.84 Å². The second kappa shape index (κ2) is 5.36. The molecule has 1 aromatic rings. The fourth-order valence-corrected chi connectivity index (χ4v) is 3.97. The molecule has 0 unspecified atom stereocenters. The topological polar surface area (TPSA) is 87.4 Å². The van der Waals surface area contributed by atoms with E-state index in [9.17, 15) is 26.7 Å². The summed E-state index contributed by atoms with van der Waals surface area (Å²) in [5.41, 5.74) is -1.28. The minimum absolute atomic E-state index is 0.202. The lowest BCUT2D eigenvalue weighted by Crippen LogP contribution is -2.33. The van der Waals surface area contributed by atoms with Crippen molar-refractivity contribution >= 4 is 9.84 Å². The molecule has 1 fully saturated rings. The van der Waals surface area contributed by atoms with Crippen LogP contribution in [0.2, 0.25) is 0 Å². The maximum Gasteiger partial charge on any atom is 0.312 e. The number of nitrogens with zero attached hydrogens (tertiary/aromatic N) is 1. The highest BCUT2D eigenvalue weighted by molar-refractivity contribution is 7.90. The number of benzene rings is 1. The van der Waals surface area contributed by atoms with Crippen molar-refractivity contribution in [1.29, 1.82) is 5.26 Å². The van der Waals surface area contributed by atoms with E-state index in [4.69, 9.17) is 10.00 Å². The van der Waals surface area contributed by atoms with Gasteiger partial charge in [0.25, 0.3) is 0 Å². The zero-order chi connectivity index (χ0) is 17.9. The summed E-state index contributed by atoms with van der Waals surface area (Å²) >= 11 is 0. The molecule has 0 aliphatic heterocycles. The van der Waals surface area contributed by atoms with Gasteiger partial charge in [0, 0.05) is 30.2 Å². The van der Waals surface area contributed by atoms with Crippen LogP contribution in [0.25, 0.3) is 0 Å². The highest BCUT2D eigenvalue weighted by atomic mass is 32.2. The zero-order valence-corrected chi connectivity index (χ0v) is 13.4. The van der Waals surface area contributed by atoms with Crippen LogP contribution in [0.1, 0.15) is 36.2 Å². The first-order valence-corrected chi connectivity index (χ1v) is 9.09. The molecular weight excluding hydrogens is 347 g/mol. The van der Waals surface area contributed by atoms with Gasteiger partial charge in [0.1, 0.15) is 18.0 Å². The lowest BCUT2D eigenvalue weighted by Gasteiger charge is -2.31. The summed E-state index contributed by atoms with van der Waals surface area (Å²) in [5.74, 6) is -4.56. The maximum absolute atomic E-state index is 14.3. The molecule has 130 valence electrons. The molecule has 0 saturated heterocycles. The van der Waals surface area contributed by atoms with Crippen LogP contribution >= 0.6 is 0 Å². The van der Waals surface area contributed by atoms with E-state index in [2.05, 4.69) is 0 Å². The Kier molecular flexibility index (Phi) is 3.81. The average Bonchev–Trinajstić information content (AvgIpc) is 2.63. The quantitative estimate of drug-likeness (QED) is 0.894. The predicted octanol–water partition coefficient (Wildman–Crippen LogP) is 2.46. The molecule has 24 heavy (non-hydrogen) atoms. The molecule has 3 rings (SSSR count). The van der Waals surface area contributed by atoms with Gasteiger partial charge in [-0.15, -0.1) is 0 Å². The maximum atomic E-state index is 14.3. The Hall–Kier alpha value is -1.79. The molecule has 0 radical (unpaired) electrons. The summed E-state index contributed by atoms with van der Waals surface area (Å²) in [5, 5.41) is 18.5. The number of halogens is 3. The molecule has 1 aromatic carbocycles. The molecule has 9 heteroatoms. The van der Waals surface area contributed by atoms with Crippen molar-refractivity contribution in [1.82, 2.24) is 0 Å². The fourth-order valence-electron chi connectivity index (χ4n) is 3.04. The molecule has 5 nitrogen and oxygen atoms in total. The third-order valence-electron chi connectivity index (χ3n) is 4.41. The Morgan fingerprint density at radius 2 is 1.96 bits per heavy atom. The van der Waals surface area contributed by atoms with Crippen LogP contribution in [0.3, 0.4) is 0 Å². The van der Waals surface area contributed by atoms with E-state index in [1.165, 1.54) is 0 Å². The van der Waals surface area contributed by atoms with E-state index in [1.807, 2.05) is 6.07 Å². The summed E-state index contributed by atoms with van der Waals surface area (Å²) in [4.78, 5) is -0.541.